The number of anilines is 1. The average molecular weight is 328 g/mol. The Kier molecular flexibility index (Phi) is 4.62. The predicted octanol–water partition coefficient (Wildman–Crippen LogP) is 2.15. The second-order valence-corrected chi connectivity index (χ2v) is 5.07. The van der Waals surface area contributed by atoms with Gasteiger partial charge in [0, 0.05) is 38.0 Å². The molecule has 0 saturated heterocycles. The van der Waals surface area contributed by atoms with Gasteiger partial charge in [-0.1, -0.05) is 12.1 Å². The van der Waals surface area contributed by atoms with E-state index < -0.39 is 4.92 Å². The van der Waals surface area contributed by atoms with E-state index in [-0.39, 0.29) is 5.69 Å². The first-order chi connectivity index (χ1) is 11.7. The first kappa shape index (κ1) is 15.8. The molecule has 0 fully saturated rings. The number of imidazole rings is 1. The Morgan fingerprint density at radius 3 is 3.04 bits per heavy atom. The molecule has 0 aliphatic heterocycles. The predicted molar refractivity (Wildman–Crippen MR) is 87.9 cm³/mol. The third-order valence-corrected chi connectivity index (χ3v) is 3.47. The Bertz CT molecular complexity index is 863. The van der Waals surface area contributed by atoms with Crippen LogP contribution in [0.1, 0.15) is 6.42 Å². The van der Waals surface area contributed by atoms with Crippen LogP contribution in [0.15, 0.2) is 36.8 Å². The summed E-state index contributed by atoms with van der Waals surface area (Å²) in [6.07, 6.45) is 3.89. The fraction of sp³-hybridized carbons (Fsp3) is 0.267. The zero-order chi connectivity index (χ0) is 16.9. The standard InChI is InChI=1S/C15H16N6O3/c1-24-7-3-6-16-14-15-17-9-13(20(15)19-10-18-14)11-4-2-5-12(8-11)21(22)23/h2,4-5,8-10H,3,6-7H2,1H3,(H,16,18,19). The summed E-state index contributed by atoms with van der Waals surface area (Å²) < 4.78 is 6.63. The van der Waals surface area contributed by atoms with Crippen LogP contribution in [0.2, 0.25) is 0 Å². The van der Waals surface area contributed by atoms with Crippen molar-refractivity contribution in [3.8, 4) is 11.3 Å². The molecule has 0 saturated carbocycles. The molecule has 3 rings (SSSR count). The van der Waals surface area contributed by atoms with Crippen LogP contribution in [-0.2, 0) is 4.74 Å². The van der Waals surface area contributed by atoms with E-state index in [1.54, 1.807) is 30.0 Å². The molecule has 9 heteroatoms. The van der Waals surface area contributed by atoms with E-state index in [1.807, 2.05) is 0 Å². The molecule has 0 bridgehead atoms. The molecule has 124 valence electrons. The van der Waals surface area contributed by atoms with E-state index in [0.717, 1.165) is 6.42 Å². The van der Waals surface area contributed by atoms with E-state index >= 15 is 0 Å². The molecule has 0 spiro atoms. The number of rotatable bonds is 7. The second kappa shape index (κ2) is 7.01. The van der Waals surface area contributed by atoms with Crippen molar-refractivity contribution in [1.82, 2.24) is 19.6 Å². The highest BCUT2D eigenvalue weighted by molar-refractivity contribution is 5.70. The summed E-state index contributed by atoms with van der Waals surface area (Å²) in [6.45, 7) is 1.35. The maximum absolute atomic E-state index is 10.9. The van der Waals surface area contributed by atoms with Crippen LogP contribution in [0.3, 0.4) is 0 Å². The van der Waals surface area contributed by atoms with Crippen molar-refractivity contribution >= 4 is 17.2 Å². The fourth-order valence-corrected chi connectivity index (χ4v) is 2.34. The number of aromatic nitrogens is 4. The van der Waals surface area contributed by atoms with Crippen molar-refractivity contribution < 1.29 is 9.66 Å². The highest BCUT2D eigenvalue weighted by Gasteiger charge is 2.14. The first-order valence-electron chi connectivity index (χ1n) is 7.37. The number of non-ortho nitro benzene ring substituents is 1. The molecule has 0 aliphatic rings. The van der Waals surface area contributed by atoms with Gasteiger partial charge in [0.25, 0.3) is 5.69 Å². The van der Waals surface area contributed by atoms with Crippen LogP contribution in [0.4, 0.5) is 11.5 Å². The van der Waals surface area contributed by atoms with Gasteiger partial charge in [-0.3, -0.25) is 10.1 Å². The maximum Gasteiger partial charge on any atom is 0.270 e. The van der Waals surface area contributed by atoms with Gasteiger partial charge in [0.05, 0.1) is 16.8 Å². The van der Waals surface area contributed by atoms with Gasteiger partial charge < -0.3 is 10.1 Å². The molecule has 9 nitrogen and oxygen atoms in total. The molecule has 0 radical (unpaired) electrons. The Labute approximate surface area is 137 Å². The Hall–Kier alpha value is -3.07. The average Bonchev–Trinajstić information content (AvgIpc) is 3.03. The number of fused-ring (bicyclic) bond motifs is 1. The van der Waals surface area contributed by atoms with Crippen molar-refractivity contribution in [2.24, 2.45) is 0 Å². The highest BCUT2D eigenvalue weighted by atomic mass is 16.6. The minimum Gasteiger partial charge on any atom is -0.385 e. The summed E-state index contributed by atoms with van der Waals surface area (Å²) in [5.74, 6) is 0.609. The second-order valence-electron chi connectivity index (χ2n) is 5.07. The van der Waals surface area contributed by atoms with Crippen molar-refractivity contribution in [1.29, 1.82) is 0 Å². The first-order valence-corrected chi connectivity index (χ1v) is 7.37. The minimum absolute atomic E-state index is 0.0226. The Morgan fingerprint density at radius 2 is 2.25 bits per heavy atom. The van der Waals surface area contributed by atoms with Gasteiger partial charge in [-0.25, -0.2) is 14.5 Å². The van der Waals surface area contributed by atoms with Crippen LogP contribution in [0.5, 0.6) is 0 Å². The summed E-state index contributed by atoms with van der Waals surface area (Å²) in [4.78, 5) is 19.1. The fourth-order valence-electron chi connectivity index (χ4n) is 2.34. The molecular formula is C15H16N6O3. The van der Waals surface area contributed by atoms with Gasteiger partial charge in [0.1, 0.15) is 6.33 Å². The summed E-state index contributed by atoms with van der Waals surface area (Å²) in [5.41, 5.74) is 1.92. The topological polar surface area (TPSA) is 107 Å². The maximum atomic E-state index is 10.9. The molecule has 1 aromatic carbocycles. The van der Waals surface area contributed by atoms with Gasteiger partial charge in [0.2, 0.25) is 0 Å². The van der Waals surface area contributed by atoms with Crippen LogP contribution >= 0.6 is 0 Å². The number of hydrogen-bond donors (Lipinski definition) is 1. The van der Waals surface area contributed by atoms with Gasteiger partial charge >= 0.3 is 0 Å². The van der Waals surface area contributed by atoms with Gasteiger partial charge in [0.15, 0.2) is 11.5 Å². The van der Waals surface area contributed by atoms with Gasteiger partial charge in [-0.05, 0) is 6.42 Å². The molecule has 0 aliphatic carbocycles. The van der Waals surface area contributed by atoms with E-state index in [9.17, 15) is 10.1 Å². The number of benzene rings is 1. The summed E-state index contributed by atoms with van der Waals surface area (Å²) in [6, 6.07) is 6.37. The lowest BCUT2D eigenvalue weighted by molar-refractivity contribution is -0.384. The highest BCUT2D eigenvalue weighted by Crippen LogP contribution is 2.25. The molecule has 0 atom stereocenters. The lowest BCUT2D eigenvalue weighted by atomic mass is 10.1. The smallest absolute Gasteiger partial charge is 0.270 e. The summed E-state index contributed by atoms with van der Waals surface area (Å²) in [5, 5.41) is 18.3. The van der Waals surface area contributed by atoms with Crippen molar-refractivity contribution in [3.05, 3.63) is 46.9 Å². The van der Waals surface area contributed by atoms with Crippen LogP contribution < -0.4 is 5.32 Å². The van der Waals surface area contributed by atoms with Crippen molar-refractivity contribution in [2.75, 3.05) is 25.6 Å². The molecular weight excluding hydrogens is 312 g/mol. The normalized spacial score (nSPS) is 10.9. The number of nitro benzene ring substituents is 1. The zero-order valence-electron chi connectivity index (χ0n) is 13.0. The quantitative estimate of drug-likeness (QED) is 0.402. The van der Waals surface area contributed by atoms with Crippen molar-refractivity contribution in [2.45, 2.75) is 6.42 Å². The Morgan fingerprint density at radius 1 is 1.38 bits per heavy atom. The minimum atomic E-state index is -0.426. The lowest BCUT2D eigenvalue weighted by Gasteiger charge is -2.06. The van der Waals surface area contributed by atoms with Crippen LogP contribution in [-0.4, -0.2) is 44.8 Å². The van der Waals surface area contributed by atoms with E-state index in [2.05, 4.69) is 20.4 Å². The van der Waals surface area contributed by atoms with E-state index in [1.165, 1.54) is 18.5 Å². The molecule has 2 heterocycles. The number of ether oxygens (including phenoxy) is 1. The number of methoxy groups -OCH3 is 1. The van der Waals surface area contributed by atoms with E-state index in [4.69, 9.17) is 4.74 Å². The number of hydrogen-bond acceptors (Lipinski definition) is 7. The molecule has 24 heavy (non-hydrogen) atoms. The molecule has 1 N–H and O–H groups in total. The third kappa shape index (κ3) is 3.15. The summed E-state index contributed by atoms with van der Waals surface area (Å²) in [7, 11) is 1.66. The molecule has 0 unspecified atom stereocenters. The van der Waals surface area contributed by atoms with Gasteiger partial charge in [-0.2, -0.15) is 5.10 Å². The van der Waals surface area contributed by atoms with E-state index in [0.29, 0.717) is 35.9 Å². The number of nitrogens with zero attached hydrogens (tertiary/aromatic N) is 5. The lowest BCUT2D eigenvalue weighted by Crippen LogP contribution is -2.08. The summed E-state index contributed by atoms with van der Waals surface area (Å²) >= 11 is 0. The SMILES string of the molecule is COCCCNc1ncnn2c(-c3cccc([N+](=O)[O-])c3)cnc12. The van der Waals surface area contributed by atoms with Crippen LogP contribution in [0, 0.1) is 10.1 Å². The number of nitrogens with one attached hydrogen (secondary N) is 1. The zero-order valence-corrected chi connectivity index (χ0v) is 13.0. The van der Waals surface area contributed by atoms with Crippen LogP contribution in [0.25, 0.3) is 16.9 Å². The monoisotopic (exact) mass is 328 g/mol. The Balaban J connectivity index is 1.93. The molecule has 0 amide bonds. The molecule has 2 aromatic heterocycles. The third-order valence-electron chi connectivity index (χ3n) is 3.47. The number of nitro groups is 1. The van der Waals surface area contributed by atoms with Crippen molar-refractivity contribution in [3.63, 3.8) is 0 Å². The largest absolute Gasteiger partial charge is 0.385 e. The van der Waals surface area contributed by atoms with Gasteiger partial charge in [-0.15, -0.1) is 0 Å². The molecule has 3 aromatic rings.